The molecule has 0 bridgehead atoms. The molecule has 1 aromatic carbocycles. The molecule has 0 aliphatic carbocycles. The van der Waals surface area contributed by atoms with Crippen molar-refractivity contribution in [3.05, 3.63) is 22.2 Å². The number of anilines is 2. The quantitative estimate of drug-likeness (QED) is 0.505. The van der Waals surface area contributed by atoms with Gasteiger partial charge in [-0.05, 0) is 12.8 Å². The number of piperazine rings is 1. The van der Waals surface area contributed by atoms with Gasteiger partial charge >= 0.3 is 0 Å². The number of rotatable bonds is 4. The smallest absolute Gasteiger partial charge is 0.294 e. The van der Waals surface area contributed by atoms with E-state index in [1.54, 1.807) is 6.07 Å². The molecule has 2 heterocycles. The zero-order valence-corrected chi connectivity index (χ0v) is 13.9. The molecule has 0 radical (unpaired) electrons. The van der Waals surface area contributed by atoms with Crippen molar-refractivity contribution in [2.75, 3.05) is 57.1 Å². The summed E-state index contributed by atoms with van der Waals surface area (Å²) < 4.78 is 10.7. The van der Waals surface area contributed by atoms with Crippen LogP contribution in [0, 0.1) is 10.1 Å². The van der Waals surface area contributed by atoms with Crippen molar-refractivity contribution in [2.45, 2.75) is 18.9 Å². The lowest BCUT2D eigenvalue weighted by atomic mass is 10.1. The van der Waals surface area contributed by atoms with Crippen LogP contribution >= 0.6 is 0 Å². The molecular formula is C16H24N4O4. The van der Waals surface area contributed by atoms with Gasteiger partial charge in [-0.25, -0.2) is 0 Å². The lowest BCUT2D eigenvalue weighted by molar-refractivity contribution is -0.384. The summed E-state index contributed by atoms with van der Waals surface area (Å²) in [4.78, 5) is 15.5. The van der Waals surface area contributed by atoms with Gasteiger partial charge in [0.25, 0.3) is 5.69 Å². The number of hydrogen-bond donors (Lipinski definition) is 1. The van der Waals surface area contributed by atoms with Crippen LogP contribution in [0.2, 0.25) is 0 Å². The Hall–Kier alpha value is -2.06. The molecule has 0 unspecified atom stereocenters. The van der Waals surface area contributed by atoms with Crippen LogP contribution < -0.4 is 15.4 Å². The van der Waals surface area contributed by atoms with Crippen molar-refractivity contribution < 1.29 is 14.4 Å². The highest BCUT2D eigenvalue weighted by Crippen LogP contribution is 2.37. The van der Waals surface area contributed by atoms with E-state index >= 15 is 0 Å². The molecule has 0 saturated carbocycles. The van der Waals surface area contributed by atoms with E-state index in [2.05, 4.69) is 9.80 Å². The summed E-state index contributed by atoms with van der Waals surface area (Å²) in [5, 5.41) is 11.4. The maximum Gasteiger partial charge on any atom is 0.294 e. The zero-order chi connectivity index (χ0) is 17.1. The van der Waals surface area contributed by atoms with Crippen LogP contribution in [0.3, 0.4) is 0 Å². The van der Waals surface area contributed by atoms with Crippen LogP contribution in [-0.4, -0.2) is 62.4 Å². The fourth-order valence-electron chi connectivity index (χ4n) is 3.53. The number of nitrogen functional groups attached to an aromatic ring is 1. The molecule has 2 fully saturated rings. The summed E-state index contributed by atoms with van der Waals surface area (Å²) in [6, 6.07) is 3.63. The molecule has 0 spiro atoms. The lowest BCUT2D eigenvalue weighted by Gasteiger charge is -2.41. The topological polar surface area (TPSA) is 94.1 Å². The lowest BCUT2D eigenvalue weighted by Crippen LogP contribution is -2.51. The van der Waals surface area contributed by atoms with Gasteiger partial charge < -0.3 is 20.1 Å². The first-order valence-electron chi connectivity index (χ1n) is 8.29. The maximum absolute atomic E-state index is 11.4. The van der Waals surface area contributed by atoms with Crippen LogP contribution in [0.25, 0.3) is 0 Å². The molecule has 8 heteroatoms. The molecule has 2 saturated heterocycles. The zero-order valence-electron chi connectivity index (χ0n) is 13.9. The van der Waals surface area contributed by atoms with Crippen LogP contribution in [-0.2, 0) is 4.74 Å². The molecule has 2 N–H and O–H groups in total. The Bertz CT molecular complexity index is 596. The first kappa shape index (κ1) is 16.8. The normalized spacial score (nSPS) is 20.1. The number of nitro benzene ring substituents is 1. The van der Waals surface area contributed by atoms with Crippen molar-refractivity contribution in [2.24, 2.45) is 0 Å². The molecule has 1 aromatic rings. The molecule has 0 aromatic heterocycles. The van der Waals surface area contributed by atoms with Crippen LogP contribution in [0.5, 0.6) is 5.75 Å². The van der Waals surface area contributed by atoms with Crippen molar-refractivity contribution in [1.82, 2.24) is 4.90 Å². The van der Waals surface area contributed by atoms with E-state index in [1.807, 2.05) is 0 Å². The van der Waals surface area contributed by atoms with Crippen LogP contribution in [0.4, 0.5) is 17.1 Å². The summed E-state index contributed by atoms with van der Waals surface area (Å²) in [6.07, 6.45) is 2.13. The van der Waals surface area contributed by atoms with Gasteiger partial charge in [-0.15, -0.1) is 0 Å². The molecule has 2 aliphatic rings. The number of ether oxygens (including phenoxy) is 2. The van der Waals surface area contributed by atoms with Gasteiger partial charge in [-0.2, -0.15) is 0 Å². The van der Waals surface area contributed by atoms with E-state index < -0.39 is 0 Å². The Morgan fingerprint density at radius 2 is 1.92 bits per heavy atom. The Labute approximate surface area is 141 Å². The highest BCUT2D eigenvalue weighted by atomic mass is 16.6. The average Bonchev–Trinajstić information content (AvgIpc) is 2.62. The first-order valence-corrected chi connectivity index (χ1v) is 8.29. The molecular weight excluding hydrogens is 312 g/mol. The summed E-state index contributed by atoms with van der Waals surface area (Å²) in [5.41, 5.74) is 6.72. The van der Waals surface area contributed by atoms with Gasteiger partial charge in [0.2, 0.25) is 0 Å². The second-order valence-corrected chi connectivity index (χ2v) is 6.21. The van der Waals surface area contributed by atoms with E-state index in [9.17, 15) is 10.1 Å². The van der Waals surface area contributed by atoms with Gasteiger partial charge in [0.05, 0.1) is 17.7 Å². The van der Waals surface area contributed by atoms with Crippen molar-refractivity contribution >= 4 is 17.1 Å². The third kappa shape index (κ3) is 3.39. The second-order valence-electron chi connectivity index (χ2n) is 6.21. The summed E-state index contributed by atoms with van der Waals surface area (Å²) in [6.45, 7) is 4.95. The van der Waals surface area contributed by atoms with Gasteiger partial charge in [0.1, 0.15) is 11.4 Å². The van der Waals surface area contributed by atoms with Crippen molar-refractivity contribution in [3.8, 4) is 5.75 Å². The standard InChI is InChI=1S/C16H24N4O4/c1-23-16-11-14(15(20(21)22)10-13(16)17)19-6-4-18(5-7-19)12-2-8-24-9-3-12/h10-12H,2-9,17H2,1H3. The van der Waals surface area contributed by atoms with E-state index in [0.717, 1.165) is 52.2 Å². The van der Waals surface area contributed by atoms with Gasteiger partial charge in [-0.1, -0.05) is 0 Å². The highest BCUT2D eigenvalue weighted by Gasteiger charge is 2.29. The molecule has 8 nitrogen and oxygen atoms in total. The first-order chi connectivity index (χ1) is 11.6. The number of nitrogens with two attached hydrogens (primary N) is 1. The SMILES string of the molecule is COc1cc(N2CCN(C3CCOCC3)CC2)c([N+](=O)[O-])cc1N. The third-order valence-corrected chi connectivity index (χ3v) is 4.89. The van der Waals surface area contributed by atoms with E-state index in [1.165, 1.54) is 13.2 Å². The van der Waals surface area contributed by atoms with Crippen molar-refractivity contribution in [3.63, 3.8) is 0 Å². The number of benzene rings is 1. The number of hydrogen-bond acceptors (Lipinski definition) is 7. The molecule has 2 aliphatic heterocycles. The number of methoxy groups -OCH3 is 1. The highest BCUT2D eigenvalue weighted by molar-refractivity contribution is 5.73. The van der Waals surface area contributed by atoms with Gasteiger partial charge in [0.15, 0.2) is 0 Å². The fourth-order valence-corrected chi connectivity index (χ4v) is 3.53. The second kappa shape index (κ2) is 7.23. The Balaban J connectivity index is 1.74. The molecule has 24 heavy (non-hydrogen) atoms. The number of nitrogens with zero attached hydrogens (tertiary/aromatic N) is 3. The Kier molecular flexibility index (Phi) is 5.06. The number of nitro groups is 1. The minimum atomic E-state index is -0.379. The van der Waals surface area contributed by atoms with Gasteiger partial charge in [-0.3, -0.25) is 15.0 Å². The maximum atomic E-state index is 11.4. The van der Waals surface area contributed by atoms with E-state index in [-0.39, 0.29) is 16.3 Å². The van der Waals surface area contributed by atoms with E-state index in [4.69, 9.17) is 15.2 Å². The Morgan fingerprint density at radius 1 is 1.25 bits per heavy atom. The van der Waals surface area contributed by atoms with Crippen LogP contribution in [0.1, 0.15) is 12.8 Å². The van der Waals surface area contributed by atoms with Gasteiger partial charge in [0, 0.05) is 57.6 Å². The van der Waals surface area contributed by atoms with Crippen molar-refractivity contribution in [1.29, 1.82) is 0 Å². The molecule has 0 atom stereocenters. The summed E-state index contributed by atoms with van der Waals surface area (Å²) in [7, 11) is 1.52. The fraction of sp³-hybridized carbons (Fsp3) is 0.625. The third-order valence-electron chi connectivity index (χ3n) is 4.89. The molecule has 0 amide bonds. The predicted octanol–water partition coefficient (Wildman–Crippen LogP) is 1.49. The van der Waals surface area contributed by atoms with Crippen LogP contribution in [0.15, 0.2) is 12.1 Å². The molecule has 3 rings (SSSR count). The summed E-state index contributed by atoms with van der Waals surface area (Å²) >= 11 is 0. The minimum absolute atomic E-state index is 0.0350. The monoisotopic (exact) mass is 336 g/mol. The Morgan fingerprint density at radius 3 is 2.50 bits per heavy atom. The predicted molar refractivity (Wildman–Crippen MR) is 91.7 cm³/mol. The minimum Gasteiger partial charge on any atom is -0.495 e. The largest absolute Gasteiger partial charge is 0.495 e. The average molecular weight is 336 g/mol. The van der Waals surface area contributed by atoms with E-state index in [0.29, 0.717) is 17.5 Å². The molecule has 132 valence electrons. The summed E-state index contributed by atoms with van der Waals surface area (Å²) in [5.74, 6) is 0.474.